The summed E-state index contributed by atoms with van der Waals surface area (Å²) in [5.41, 5.74) is 1.89. The van der Waals surface area contributed by atoms with E-state index < -0.39 is 6.10 Å². The SMILES string of the molecule is O=C1CSCN1CC(=O)N1CCC(O)c2ccccc2C1. The van der Waals surface area contributed by atoms with E-state index in [4.69, 9.17) is 0 Å². The number of thioether (sulfide) groups is 1. The van der Waals surface area contributed by atoms with Gasteiger partial charge in [0.2, 0.25) is 11.8 Å². The molecule has 0 spiro atoms. The third kappa shape index (κ3) is 3.06. The van der Waals surface area contributed by atoms with E-state index in [9.17, 15) is 14.7 Å². The van der Waals surface area contributed by atoms with Crippen LogP contribution in [0.1, 0.15) is 23.7 Å². The van der Waals surface area contributed by atoms with Crippen LogP contribution in [0.3, 0.4) is 0 Å². The molecule has 21 heavy (non-hydrogen) atoms. The summed E-state index contributed by atoms with van der Waals surface area (Å²) in [7, 11) is 0. The summed E-state index contributed by atoms with van der Waals surface area (Å²) in [5.74, 6) is 1.05. The Hall–Kier alpha value is -1.53. The number of carbonyl (C=O) groups excluding carboxylic acids is 2. The monoisotopic (exact) mass is 306 g/mol. The van der Waals surface area contributed by atoms with Crippen molar-refractivity contribution < 1.29 is 14.7 Å². The second-order valence-electron chi connectivity index (χ2n) is 5.39. The van der Waals surface area contributed by atoms with E-state index in [1.165, 1.54) is 11.8 Å². The summed E-state index contributed by atoms with van der Waals surface area (Å²) in [6.45, 7) is 1.16. The molecule has 0 bridgehead atoms. The van der Waals surface area contributed by atoms with Crippen LogP contribution in [0, 0.1) is 0 Å². The number of benzene rings is 1. The Morgan fingerprint density at radius 1 is 1.38 bits per heavy atom. The van der Waals surface area contributed by atoms with Crippen LogP contribution in [-0.2, 0) is 16.1 Å². The van der Waals surface area contributed by atoms with Crippen LogP contribution >= 0.6 is 11.8 Å². The zero-order valence-corrected chi connectivity index (χ0v) is 12.5. The lowest BCUT2D eigenvalue weighted by Crippen LogP contribution is -2.40. The summed E-state index contributed by atoms with van der Waals surface area (Å²) >= 11 is 1.54. The molecule has 1 aromatic rings. The smallest absolute Gasteiger partial charge is 0.242 e. The number of carbonyl (C=O) groups is 2. The second-order valence-corrected chi connectivity index (χ2v) is 6.34. The van der Waals surface area contributed by atoms with Crippen LogP contribution in [0.4, 0.5) is 0 Å². The predicted molar refractivity (Wildman–Crippen MR) is 80.5 cm³/mol. The first-order chi connectivity index (χ1) is 10.1. The van der Waals surface area contributed by atoms with Crippen LogP contribution in [0.25, 0.3) is 0 Å². The molecule has 0 radical (unpaired) electrons. The molecule has 2 aliphatic heterocycles. The molecule has 2 heterocycles. The van der Waals surface area contributed by atoms with Crippen LogP contribution in [-0.4, -0.2) is 51.4 Å². The third-order valence-corrected chi connectivity index (χ3v) is 4.90. The first-order valence-corrected chi connectivity index (χ1v) is 8.20. The van der Waals surface area contributed by atoms with Gasteiger partial charge in [0, 0.05) is 13.1 Å². The minimum atomic E-state index is -0.525. The minimum absolute atomic E-state index is 0.0311. The zero-order valence-electron chi connectivity index (χ0n) is 11.7. The highest BCUT2D eigenvalue weighted by Crippen LogP contribution is 2.26. The number of hydrogen-bond acceptors (Lipinski definition) is 4. The topological polar surface area (TPSA) is 60.9 Å². The normalized spacial score (nSPS) is 22.1. The van der Waals surface area contributed by atoms with Gasteiger partial charge in [-0.15, -0.1) is 11.8 Å². The number of aliphatic hydroxyl groups excluding tert-OH is 1. The van der Waals surface area contributed by atoms with Crippen molar-refractivity contribution in [2.75, 3.05) is 24.7 Å². The van der Waals surface area contributed by atoms with Crippen molar-refractivity contribution in [3.05, 3.63) is 35.4 Å². The first kappa shape index (κ1) is 14.4. The van der Waals surface area contributed by atoms with Crippen molar-refractivity contribution in [1.29, 1.82) is 0 Å². The van der Waals surface area contributed by atoms with Gasteiger partial charge in [-0.1, -0.05) is 24.3 Å². The number of fused-ring (bicyclic) bond motifs is 1. The summed E-state index contributed by atoms with van der Waals surface area (Å²) in [6.07, 6.45) is 0.00816. The molecule has 2 aliphatic rings. The van der Waals surface area contributed by atoms with Crippen LogP contribution < -0.4 is 0 Å². The molecule has 0 saturated carbocycles. The van der Waals surface area contributed by atoms with E-state index in [0.717, 1.165) is 11.1 Å². The molecule has 1 unspecified atom stereocenters. The predicted octanol–water partition coefficient (Wildman–Crippen LogP) is 0.985. The highest BCUT2D eigenvalue weighted by atomic mass is 32.2. The molecule has 6 heteroatoms. The number of hydrogen-bond donors (Lipinski definition) is 1. The van der Waals surface area contributed by atoms with E-state index in [0.29, 0.717) is 31.1 Å². The molecule has 1 atom stereocenters. The molecule has 2 amide bonds. The molecule has 1 N–H and O–H groups in total. The molecule has 1 saturated heterocycles. The lowest BCUT2D eigenvalue weighted by molar-refractivity contribution is -0.138. The third-order valence-electron chi connectivity index (χ3n) is 3.95. The van der Waals surface area contributed by atoms with Gasteiger partial charge in [0.1, 0.15) is 6.54 Å². The Kier molecular flexibility index (Phi) is 4.17. The number of aliphatic hydroxyl groups is 1. The molecule has 0 aromatic heterocycles. The van der Waals surface area contributed by atoms with Gasteiger partial charge >= 0.3 is 0 Å². The Morgan fingerprint density at radius 3 is 2.95 bits per heavy atom. The first-order valence-electron chi connectivity index (χ1n) is 7.04. The zero-order chi connectivity index (χ0) is 14.8. The highest BCUT2D eigenvalue weighted by molar-refractivity contribution is 8.00. The van der Waals surface area contributed by atoms with Gasteiger partial charge in [-0.05, 0) is 17.5 Å². The van der Waals surface area contributed by atoms with Crippen molar-refractivity contribution >= 4 is 23.6 Å². The van der Waals surface area contributed by atoms with Crippen molar-refractivity contribution in [1.82, 2.24) is 9.80 Å². The molecule has 5 nitrogen and oxygen atoms in total. The summed E-state index contributed by atoms with van der Waals surface area (Å²) in [5, 5.41) is 10.2. The fourth-order valence-electron chi connectivity index (χ4n) is 2.74. The maximum absolute atomic E-state index is 12.4. The molecule has 1 fully saturated rings. The number of rotatable bonds is 2. The van der Waals surface area contributed by atoms with Gasteiger partial charge in [0.25, 0.3) is 0 Å². The fraction of sp³-hybridized carbons (Fsp3) is 0.467. The average Bonchev–Trinajstić information content (AvgIpc) is 2.80. The van der Waals surface area contributed by atoms with E-state index in [-0.39, 0.29) is 18.4 Å². The quantitative estimate of drug-likeness (QED) is 0.885. The summed E-state index contributed by atoms with van der Waals surface area (Å²) in [6, 6.07) is 7.68. The Labute approximate surface area is 127 Å². The fourth-order valence-corrected chi connectivity index (χ4v) is 3.64. The molecule has 3 rings (SSSR count). The molecule has 1 aromatic carbocycles. The van der Waals surface area contributed by atoms with Gasteiger partial charge in [0.15, 0.2) is 0 Å². The van der Waals surface area contributed by atoms with Crippen LogP contribution in [0.5, 0.6) is 0 Å². The molecule has 112 valence electrons. The standard InChI is InChI=1S/C15H18N2O3S/c18-13-5-6-16(7-11-3-1-2-4-12(11)13)14(19)8-17-10-21-9-15(17)20/h1-4,13,18H,5-10H2. The lowest BCUT2D eigenvalue weighted by Gasteiger charge is -2.24. The maximum Gasteiger partial charge on any atom is 0.242 e. The van der Waals surface area contributed by atoms with Crippen molar-refractivity contribution in [2.24, 2.45) is 0 Å². The number of amides is 2. The second kappa shape index (κ2) is 6.07. The molecule has 0 aliphatic carbocycles. The minimum Gasteiger partial charge on any atom is -0.388 e. The Morgan fingerprint density at radius 2 is 2.19 bits per heavy atom. The van der Waals surface area contributed by atoms with E-state index in [2.05, 4.69) is 0 Å². The molecular formula is C15H18N2O3S. The average molecular weight is 306 g/mol. The van der Waals surface area contributed by atoms with Gasteiger partial charge in [-0.25, -0.2) is 0 Å². The Bertz CT molecular complexity index is 564. The van der Waals surface area contributed by atoms with Gasteiger partial charge in [0.05, 0.1) is 17.7 Å². The van der Waals surface area contributed by atoms with Gasteiger partial charge in [-0.3, -0.25) is 9.59 Å². The Balaban J connectivity index is 1.72. The van der Waals surface area contributed by atoms with Crippen molar-refractivity contribution in [3.8, 4) is 0 Å². The summed E-state index contributed by atoms with van der Waals surface area (Å²) in [4.78, 5) is 27.4. The highest BCUT2D eigenvalue weighted by Gasteiger charge is 2.28. The van der Waals surface area contributed by atoms with Crippen LogP contribution in [0.2, 0.25) is 0 Å². The van der Waals surface area contributed by atoms with E-state index >= 15 is 0 Å². The summed E-state index contributed by atoms with van der Waals surface area (Å²) < 4.78 is 0. The van der Waals surface area contributed by atoms with Crippen molar-refractivity contribution in [3.63, 3.8) is 0 Å². The van der Waals surface area contributed by atoms with Crippen LogP contribution in [0.15, 0.2) is 24.3 Å². The molecular weight excluding hydrogens is 288 g/mol. The van der Waals surface area contributed by atoms with Crippen molar-refractivity contribution in [2.45, 2.75) is 19.1 Å². The van der Waals surface area contributed by atoms with Gasteiger partial charge in [-0.2, -0.15) is 0 Å². The lowest BCUT2D eigenvalue weighted by atomic mass is 10.0. The van der Waals surface area contributed by atoms with E-state index in [1.807, 2.05) is 24.3 Å². The van der Waals surface area contributed by atoms with E-state index in [1.54, 1.807) is 9.80 Å². The number of nitrogens with zero attached hydrogens (tertiary/aromatic N) is 2. The largest absolute Gasteiger partial charge is 0.388 e. The maximum atomic E-state index is 12.4. The van der Waals surface area contributed by atoms with Gasteiger partial charge < -0.3 is 14.9 Å².